The summed E-state index contributed by atoms with van der Waals surface area (Å²) in [6, 6.07) is 10.6. The van der Waals surface area contributed by atoms with Gasteiger partial charge in [-0.3, -0.25) is 19.6 Å². The van der Waals surface area contributed by atoms with E-state index in [2.05, 4.69) is 9.97 Å². The lowest BCUT2D eigenvalue weighted by Gasteiger charge is -2.47. The molecular formula is C22H19FN4O2. The van der Waals surface area contributed by atoms with Crippen molar-refractivity contribution in [1.29, 1.82) is 0 Å². The van der Waals surface area contributed by atoms with E-state index in [1.807, 2.05) is 35.2 Å². The molecule has 0 radical (unpaired) electrons. The summed E-state index contributed by atoms with van der Waals surface area (Å²) >= 11 is 0. The highest BCUT2D eigenvalue weighted by molar-refractivity contribution is 5.98. The maximum atomic E-state index is 13.3. The molecule has 6 nitrogen and oxygen atoms in total. The molecule has 2 amide bonds. The van der Waals surface area contributed by atoms with Crippen LogP contribution in [0, 0.1) is 11.2 Å². The maximum absolute atomic E-state index is 13.3. The molecule has 2 saturated heterocycles. The molecule has 0 N–H and O–H groups in total. The van der Waals surface area contributed by atoms with Crippen LogP contribution in [0.5, 0.6) is 0 Å². The van der Waals surface area contributed by atoms with Crippen LogP contribution in [0.3, 0.4) is 0 Å². The maximum Gasteiger partial charge on any atom is 0.255 e. The Hall–Kier alpha value is -3.35. The molecule has 3 aromatic rings. The fraction of sp³-hybridized carbons (Fsp3) is 0.273. The fourth-order valence-electron chi connectivity index (χ4n) is 4.37. The highest BCUT2D eigenvalue weighted by Crippen LogP contribution is 2.40. The van der Waals surface area contributed by atoms with Crippen LogP contribution in [0.2, 0.25) is 0 Å². The Bertz CT molecular complexity index is 1130. The number of hydrogen-bond acceptors (Lipinski definition) is 4. The molecule has 29 heavy (non-hydrogen) atoms. The zero-order valence-corrected chi connectivity index (χ0v) is 15.7. The average molecular weight is 390 g/mol. The molecule has 2 fully saturated rings. The molecule has 4 heterocycles. The van der Waals surface area contributed by atoms with Crippen LogP contribution in [-0.4, -0.2) is 57.8 Å². The SMILES string of the molecule is O=C(c1ccc2cccnc2c1)N1CCC2(C1)CN(C(=O)c1cncc(F)c1)C2. The molecule has 1 aromatic carbocycles. The second-order valence-corrected chi connectivity index (χ2v) is 7.94. The van der Waals surface area contributed by atoms with Crippen molar-refractivity contribution in [1.82, 2.24) is 19.8 Å². The van der Waals surface area contributed by atoms with Gasteiger partial charge in [0.1, 0.15) is 5.82 Å². The summed E-state index contributed by atoms with van der Waals surface area (Å²) in [5.74, 6) is -0.741. The summed E-state index contributed by atoms with van der Waals surface area (Å²) < 4.78 is 13.3. The van der Waals surface area contributed by atoms with Crippen molar-refractivity contribution in [3.8, 4) is 0 Å². The second kappa shape index (κ2) is 6.62. The van der Waals surface area contributed by atoms with Crippen LogP contribution in [-0.2, 0) is 0 Å². The number of hydrogen-bond donors (Lipinski definition) is 0. The number of aromatic nitrogens is 2. The van der Waals surface area contributed by atoms with Crippen molar-refractivity contribution in [3.63, 3.8) is 0 Å². The first-order chi connectivity index (χ1) is 14.0. The number of carbonyl (C=O) groups is 2. The quantitative estimate of drug-likeness (QED) is 0.675. The molecule has 5 rings (SSSR count). The minimum Gasteiger partial charge on any atom is -0.338 e. The topological polar surface area (TPSA) is 66.4 Å². The van der Waals surface area contributed by atoms with Gasteiger partial charge in [0.2, 0.25) is 0 Å². The molecule has 0 bridgehead atoms. The molecule has 0 saturated carbocycles. The number of amides is 2. The first-order valence-corrected chi connectivity index (χ1v) is 9.57. The summed E-state index contributed by atoms with van der Waals surface area (Å²) in [6.07, 6.45) is 5.04. The van der Waals surface area contributed by atoms with Gasteiger partial charge in [-0.05, 0) is 30.7 Å². The lowest BCUT2D eigenvalue weighted by molar-refractivity contribution is 0.0109. The van der Waals surface area contributed by atoms with Crippen LogP contribution in [0.1, 0.15) is 27.1 Å². The Labute approximate surface area is 167 Å². The van der Waals surface area contributed by atoms with E-state index in [0.29, 0.717) is 31.7 Å². The third-order valence-electron chi connectivity index (χ3n) is 5.87. The Morgan fingerprint density at radius 1 is 0.966 bits per heavy atom. The van der Waals surface area contributed by atoms with Gasteiger partial charge in [-0.15, -0.1) is 0 Å². The van der Waals surface area contributed by atoms with Crippen molar-refractivity contribution in [2.75, 3.05) is 26.2 Å². The minimum absolute atomic E-state index is 0.00599. The summed E-state index contributed by atoms with van der Waals surface area (Å²) in [5, 5.41) is 1.00. The van der Waals surface area contributed by atoms with Crippen LogP contribution >= 0.6 is 0 Å². The molecule has 7 heteroatoms. The van der Waals surface area contributed by atoms with Crippen molar-refractivity contribution < 1.29 is 14.0 Å². The molecule has 0 atom stereocenters. The van der Waals surface area contributed by atoms with E-state index in [-0.39, 0.29) is 22.8 Å². The zero-order valence-electron chi connectivity index (χ0n) is 15.7. The number of benzene rings is 1. The number of nitrogens with zero attached hydrogens (tertiary/aromatic N) is 4. The lowest BCUT2D eigenvalue weighted by Crippen LogP contribution is -2.59. The summed E-state index contributed by atoms with van der Waals surface area (Å²) in [7, 11) is 0. The van der Waals surface area contributed by atoms with E-state index < -0.39 is 5.82 Å². The van der Waals surface area contributed by atoms with Crippen LogP contribution < -0.4 is 0 Å². The van der Waals surface area contributed by atoms with Crippen molar-refractivity contribution in [2.24, 2.45) is 5.41 Å². The number of carbonyl (C=O) groups excluding carboxylic acids is 2. The van der Waals surface area contributed by atoms with Gasteiger partial charge < -0.3 is 9.80 Å². The minimum atomic E-state index is -0.520. The summed E-state index contributed by atoms with van der Waals surface area (Å²) in [6.45, 7) is 2.44. The van der Waals surface area contributed by atoms with E-state index in [4.69, 9.17) is 0 Å². The number of likely N-dealkylation sites (tertiary alicyclic amines) is 2. The zero-order chi connectivity index (χ0) is 20.0. The monoisotopic (exact) mass is 390 g/mol. The van der Waals surface area contributed by atoms with E-state index in [0.717, 1.165) is 23.5 Å². The van der Waals surface area contributed by atoms with Gasteiger partial charge in [-0.25, -0.2) is 4.39 Å². The first kappa shape index (κ1) is 17.7. The van der Waals surface area contributed by atoms with Crippen LogP contribution in [0.4, 0.5) is 4.39 Å². The molecule has 2 aromatic heterocycles. The molecule has 2 aliphatic rings. The molecule has 0 aliphatic carbocycles. The van der Waals surface area contributed by atoms with Gasteiger partial charge in [-0.2, -0.15) is 0 Å². The average Bonchev–Trinajstić information content (AvgIpc) is 3.17. The Kier molecular flexibility index (Phi) is 4.04. The summed E-state index contributed by atoms with van der Waals surface area (Å²) in [4.78, 5) is 37.1. The third kappa shape index (κ3) is 3.12. The molecule has 146 valence electrons. The van der Waals surface area contributed by atoms with E-state index in [1.54, 1.807) is 11.1 Å². The van der Waals surface area contributed by atoms with Crippen molar-refractivity contribution in [2.45, 2.75) is 6.42 Å². The number of pyridine rings is 2. The standard InChI is InChI=1S/C22H19FN4O2/c23-18-8-17(10-24-11-18)21(29)27-13-22(14-27)5-7-26(12-22)20(28)16-4-3-15-2-1-6-25-19(15)9-16/h1-4,6,8-11H,5,7,12-14H2. The van der Waals surface area contributed by atoms with Gasteiger partial charge in [-0.1, -0.05) is 12.1 Å². The van der Waals surface area contributed by atoms with Gasteiger partial charge in [0.05, 0.1) is 17.3 Å². The fourth-order valence-corrected chi connectivity index (χ4v) is 4.37. The van der Waals surface area contributed by atoms with Gasteiger partial charge in [0.15, 0.2) is 0 Å². The van der Waals surface area contributed by atoms with E-state index in [9.17, 15) is 14.0 Å². The molecule has 2 aliphatic heterocycles. The highest BCUT2D eigenvalue weighted by Gasteiger charge is 2.50. The largest absolute Gasteiger partial charge is 0.338 e. The van der Waals surface area contributed by atoms with Crippen LogP contribution in [0.25, 0.3) is 10.9 Å². The van der Waals surface area contributed by atoms with Crippen molar-refractivity contribution >= 4 is 22.7 Å². The van der Waals surface area contributed by atoms with Crippen LogP contribution in [0.15, 0.2) is 55.0 Å². The summed E-state index contributed by atoms with van der Waals surface area (Å²) in [5.41, 5.74) is 1.62. The Morgan fingerprint density at radius 2 is 1.76 bits per heavy atom. The molecule has 1 spiro atoms. The predicted molar refractivity (Wildman–Crippen MR) is 105 cm³/mol. The lowest BCUT2D eigenvalue weighted by atomic mass is 9.78. The number of rotatable bonds is 2. The predicted octanol–water partition coefficient (Wildman–Crippen LogP) is 2.76. The smallest absolute Gasteiger partial charge is 0.255 e. The Morgan fingerprint density at radius 3 is 2.59 bits per heavy atom. The second-order valence-electron chi connectivity index (χ2n) is 7.94. The highest BCUT2D eigenvalue weighted by atomic mass is 19.1. The third-order valence-corrected chi connectivity index (χ3v) is 5.87. The van der Waals surface area contributed by atoms with Gasteiger partial charge in [0, 0.05) is 54.9 Å². The molecular weight excluding hydrogens is 371 g/mol. The number of halogens is 1. The Balaban J connectivity index is 1.25. The first-order valence-electron chi connectivity index (χ1n) is 9.57. The van der Waals surface area contributed by atoms with Gasteiger partial charge >= 0.3 is 0 Å². The number of fused-ring (bicyclic) bond motifs is 1. The van der Waals surface area contributed by atoms with E-state index >= 15 is 0 Å². The van der Waals surface area contributed by atoms with E-state index in [1.165, 1.54) is 12.3 Å². The van der Waals surface area contributed by atoms with Gasteiger partial charge in [0.25, 0.3) is 11.8 Å². The normalized spacial score (nSPS) is 17.6. The van der Waals surface area contributed by atoms with Crippen molar-refractivity contribution in [3.05, 3.63) is 71.9 Å². The molecule has 0 unspecified atom stereocenters.